The quantitative estimate of drug-likeness (QED) is 0.762. The summed E-state index contributed by atoms with van der Waals surface area (Å²) < 4.78 is 0. The van der Waals surface area contributed by atoms with Gasteiger partial charge in [-0.25, -0.2) is 0 Å². The lowest BCUT2D eigenvalue weighted by Gasteiger charge is -2.27. The summed E-state index contributed by atoms with van der Waals surface area (Å²) in [5.74, 6) is 0.570. The monoisotopic (exact) mass is 341 g/mol. The maximum atomic E-state index is 13.2. The summed E-state index contributed by atoms with van der Waals surface area (Å²) in [5, 5.41) is 2.13. The highest BCUT2D eigenvalue weighted by atomic mass is 16.2. The molecule has 0 bridgehead atoms. The molecular formula is C21H31N3O. The summed E-state index contributed by atoms with van der Waals surface area (Å²) in [4.78, 5) is 17.4. The summed E-state index contributed by atoms with van der Waals surface area (Å²) in [7, 11) is 4.17. The average molecular weight is 341 g/mol. The molecule has 0 spiro atoms. The first-order valence-corrected chi connectivity index (χ1v) is 9.14. The van der Waals surface area contributed by atoms with Gasteiger partial charge in [-0.3, -0.25) is 4.79 Å². The highest BCUT2D eigenvalue weighted by molar-refractivity contribution is 6.07. The topological polar surface area (TPSA) is 49.6 Å². The van der Waals surface area contributed by atoms with E-state index < -0.39 is 0 Å². The maximum Gasteiger partial charge on any atom is 0.254 e. The van der Waals surface area contributed by atoms with Crippen molar-refractivity contribution in [1.82, 2.24) is 9.80 Å². The first kappa shape index (κ1) is 19.4. The maximum absolute atomic E-state index is 13.2. The number of amides is 1. The lowest BCUT2D eigenvalue weighted by atomic mass is 10.0. The second-order valence-electron chi connectivity index (χ2n) is 7.12. The van der Waals surface area contributed by atoms with Gasteiger partial charge in [0.05, 0.1) is 0 Å². The molecule has 2 rings (SSSR count). The van der Waals surface area contributed by atoms with E-state index in [9.17, 15) is 4.79 Å². The van der Waals surface area contributed by atoms with E-state index in [0.717, 1.165) is 42.3 Å². The molecule has 2 aromatic carbocycles. The normalized spacial score (nSPS) is 12.5. The van der Waals surface area contributed by atoms with Crippen molar-refractivity contribution in [2.24, 2.45) is 11.7 Å². The molecule has 1 amide bonds. The van der Waals surface area contributed by atoms with Gasteiger partial charge in [0, 0.05) is 18.7 Å². The van der Waals surface area contributed by atoms with E-state index in [1.54, 1.807) is 0 Å². The first-order chi connectivity index (χ1) is 12.0. The third kappa shape index (κ3) is 5.55. The van der Waals surface area contributed by atoms with Gasteiger partial charge < -0.3 is 15.5 Å². The number of nitrogens with zero attached hydrogens (tertiary/aromatic N) is 2. The van der Waals surface area contributed by atoms with Gasteiger partial charge in [0.15, 0.2) is 0 Å². The van der Waals surface area contributed by atoms with E-state index >= 15 is 0 Å². The fraction of sp³-hybridized carbons (Fsp3) is 0.476. The SMILES string of the molecule is C[C@H](CCN(C)C)CN(CCCN)C(=O)c1cccc2ccccc12. The Morgan fingerprint density at radius 1 is 1.08 bits per heavy atom. The van der Waals surface area contributed by atoms with Gasteiger partial charge >= 0.3 is 0 Å². The predicted octanol–water partition coefficient (Wildman–Crippen LogP) is 3.22. The molecule has 0 saturated carbocycles. The number of carbonyl (C=O) groups is 1. The molecule has 2 N–H and O–H groups in total. The first-order valence-electron chi connectivity index (χ1n) is 9.14. The third-order valence-electron chi connectivity index (χ3n) is 4.54. The van der Waals surface area contributed by atoms with Crippen molar-refractivity contribution in [3.05, 3.63) is 48.0 Å². The molecule has 0 heterocycles. The second-order valence-corrected chi connectivity index (χ2v) is 7.12. The summed E-state index contributed by atoms with van der Waals surface area (Å²) in [5.41, 5.74) is 6.48. The lowest BCUT2D eigenvalue weighted by molar-refractivity contribution is 0.0728. The van der Waals surface area contributed by atoms with Gasteiger partial charge in [0.2, 0.25) is 0 Å². The predicted molar refractivity (Wildman–Crippen MR) is 106 cm³/mol. The second kappa shape index (κ2) is 9.54. The highest BCUT2D eigenvalue weighted by Crippen LogP contribution is 2.21. The standard InChI is InChI=1S/C21H31N3O/c1-17(12-15-23(2)3)16-24(14-7-13-22)21(25)20-11-6-9-18-8-4-5-10-19(18)20/h4-6,8-11,17H,7,12-16,22H2,1-3H3/t17-/m1/s1. The molecule has 25 heavy (non-hydrogen) atoms. The van der Waals surface area contributed by atoms with Crippen LogP contribution in [0.15, 0.2) is 42.5 Å². The molecule has 0 fully saturated rings. The zero-order valence-electron chi connectivity index (χ0n) is 15.7. The van der Waals surface area contributed by atoms with Gasteiger partial charge in [0.25, 0.3) is 5.91 Å². The van der Waals surface area contributed by atoms with Gasteiger partial charge in [0.1, 0.15) is 0 Å². The minimum absolute atomic E-state index is 0.113. The Labute approximate surface area is 151 Å². The fourth-order valence-electron chi connectivity index (χ4n) is 3.09. The van der Waals surface area contributed by atoms with Crippen molar-refractivity contribution >= 4 is 16.7 Å². The Hall–Kier alpha value is -1.91. The molecule has 2 aromatic rings. The molecule has 4 nitrogen and oxygen atoms in total. The van der Waals surface area contributed by atoms with Crippen LogP contribution in [0.25, 0.3) is 10.8 Å². The van der Waals surface area contributed by atoms with Crippen molar-refractivity contribution in [2.45, 2.75) is 19.8 Å². The Kier molecular flexibility index (Phi) is 7.41. The number of benzene rings is 2. The third-order valence-corrected chi connectivity index (χ3v) is 4.54. The van der Waals surface area contributed by atoms with Crippen molar-refractivity contribution in [1.29, 1.82) is 0 Å². The van der Waals surface area contributed by atoms with Gasteiger partial charge in [-0.2, -0.15) is 0 Å². The number of carbonyl (C=O) groups excluding carboxylic acids is 1. The molecule has 0 unspecified atom stereocenters. The van der Waals surface area contributed by atoms with Crippen LogP contribution in [0.2, 0.25) is 0 Å². The molecule has 0 aliphatic heterocycles. The van der Waals surface area contributed by atoms with Crippen molar-refractivity contribution < 1.29 is 4.79 Å². The van der Waals surface area contributed by atoms with E-state index in [2.05, 4.69) is 38.1 Å². The van der Waals surface area contributed by atoms with Crippen molar-refractivity contribution in [3.63, 3.8) is 0 Å². The van der Waals surface area contributed by atoms with Crippen LogP contribution in [0.1, 0.15) is 30.1 Å². The molecule has 4 heteroatoms. The number of fused-ring (bicyclic) bond motifs is 1. The zero-order chi connectivity index (χ0) is 18.2. The lowest BCUT2D eigenvalue weighted by Crippen LogP contribution is -2.37. The molecule has 0 radical (unpaired) electrons. The van der Waals surface area contributed by atoms with Gasteiger partial charge in [-0.05, 0) is 62.8 Å². The Morgan fingerprint density at radius 2 is 1.80 bits per heavy atom. The molecular weight excluding hydrogens is 310 g/mol. The largest absolute Gasteiger partial charge is 0.338 e. The van der Waals surface area contributed by atoms with Crippen LogP contribution < -0.4 is 5.73 Å². The number of hydrogen-bond donors (Lipinski definition) is 1. The molecule has 0 aliphatic rings. The van der Waals surface area contributed by atoms with Crippen molar-refractivity contribution in [3.8, 4) is 0 Å². The van der Waals surface area contributed by atoms with Crippen LogP contribution in [0.3, 0.4) is 0 Å². The molecule has 1 atom stereocenters. The summed E-state index contributed by atoms with van der Waals surface area (Å²) in [6.07, 6.45) is 1.91. The van der Waals surface area contributed by atoms with Crippen LogP contribution in [-0.4, -0.2) is 56.0 Å². The minimum atomic E-state index is 0.113. The van der Waals surface area contributed by atoms with E-state index in [1.807, 2.05) is 35.2 Å². The molecule has 0 aromatic heterocycles. The van der Waals surface area contributed by atoms with Crippen LogP contribution in [0, 0.1) is 5.92 Å². The van der Waals surface area contributed by atoms with E-state index in [-0.39, 0.29) is 5.91 Å². The van der Waals surface area contributed by atoms with Crippen LogP contribution in [0.5, 0.6) is 0 Å². The van der Waals surface area contributed by atoms with Crippen LogP contribution in [0.4, 0.5) is 0 Å². The number of nitrogens with two attached hydrogens (primary N) is 1. The van der Waals surface area contributed by atoms with Gasteiger partial charge in [-0.15, -0.1) is 0 Å². The Morgan fingerprint density at radius 3 is 2.52 bits per heavy atom. The average Bonchev–Trinajstić information content (AvgIpc) is 2.62. The van der Waals surface area contributed by atoms with E-state index in [4.69, 9.17) is 5.73 Å². The summed E-state index contributed by atoms with van der Waals surface area (Å²) >= 11 is 0. The van der Waals surface area contributed by atoms with E-state index in [0.29, 0.717) is 19.0 Å². The van der Waals surface area contributed by atoms with Crippen molar-refractivity contribution in [2.75, 3.05) is 40.3 Å². The summed E-state index contributed by atoms with van der Waals surface area (Å²) in [6, 6.07) is 14.0. The molecule has 136 valence electrons. The minimum Gasteiger partial charge on any atom is -0.338 e. The summed E-state index contributed by atoms with van der Waals surface area (Å²) in [6.45, 7) is 5.34. The van der Waals surface area contributed by atoms with Crippen LogP contribution >= 0.6 is 0 Å². The van der Waals surface area contributed by atoms with E-state index in [1.165, 1.54) is 0 Å². The fourth-order valence-corrected chi connectivity index (χ4v) is 3.09. The van der Waals surface area contributed by atoms with Crippen LogP contribution in [-0.2, 0) is 0 Å². The number of hydrogen-bond acceptors (Lipinski definition) is 3. The highest BCUT2D eigenvalue weighted by Gasteiger charge is 2.19. The molecule has 0 aliphatic carbocycles. The Bertz CT molecular complexity index is 678. The smallest absolute Gasteiger partial charge is 0.254 e. The van der Waals surface area contributed by atoms with Gasteiger partial charge in [-0.1, -0.05) is 43.3 Å². The Balaban J connectivity index is 2.19. The zero-order valence-corrected chi connectivity index (χ0v) is 15.7. The number of rotatable bonds is 9. The molecule has 0 saturated heterocycles.